The molecule has 5 heteroatoms. The van der Waals surface area contributed by atoms with Crippen LogP contribution in [0.15, 0.2) is 6.07 Å². The molecule has 2 aliphatic rings. The lowest BCUT2D eigenvalue weighted by Crippen LogP contribution is -2.36. The summed E-state index contributed by atoms with van der Waals surface area (Å²) < 4.78 is 0. The molecule has 1 aliphatic carbocycles. The molecule has 2 heterocycles. The number of amides is 1. The molecule has 4 nitrogen and oxygen atoms in total. The standard InChI is InChI=1S/C16H21NO3S/c1-2-6-16(15(19)20)7-8-17(10-16)14(18)13-9-11-4-3-5-12(11)21-13/h9H,2-8,10H2,1H3,(H,19,20). The zero-order valence-electron chi connectivity index (χ0n) is 12.4. The first-order valence-corrected chi connectivity index (χ1v) is 8.51. The van der Waals surface area contributed by atoms with Crippen molar-refractivity contribution in [2.75, 3.05) is 13.1 Å². The Hall–Kier alpha value is -1.36. The second-order valence-electron chi connectivity index (χ2n) is 6.22. The molecule has 3 rings (SSSR count). The number of thiophene rings is 1. The molecule has 1 fully saturated rings. The Morgan fingerprint density at radius 2 is 2.24 bits per heavy atom. The van der Waals surface area contributed by atoms with E-state index in [-0.39, 0.29) is 5.91 Å². The minimum Gasteiger partial charge on any atom is -0.481 e. The largest absolute Gasteiger partial charge is 0.481 e. The van der Waals surface area contributed by atoms with Crippen LogP contribution in [0.4, 0.5) is 0 Å². The number of aryl methyl sites for hydroxylation is 2. The Labute approximate surface area is 128 Å². The zero-order valence-corrected chi connectivity index (χ0v) is 13.2. The minimum atomic E-state index is -0.756. The molecule has 1 aromatic heterocycles. The van der Waals surface area contributed by atoms with Gasteiger partial charge in [-0.25, -0.2) is 0 Å². The highest BCUT2D eigenvalue weighted by molar-refractivity contribution is 7.14. The lowest BCUT2D eigenvalue weighted by Gasteiger charge is -2.24. The van der Waals surface area contributed by atoms with E-state index in [0.717, 1.165) is 24.1 Å². The lowest BCUT2D eigenvalue weighted by atomic mass is 9.83. The van der Waals surface area contributed by atoms with E-state index < -0.39 is 11.4 Å². The molecular formula is C16H21NO3S. The number of rotatable bonds is 4. The number of hydrogen-bond donors (Lipinski definition) is 1. The summed E-state index contributed by atoms with van der Waals surface area (Å²) >= 11 is 1.60. The van der Waals surface area contributed by atoms with Crippen LogP contribution in [0, 0.1) is 5.41 Å². The summed E-state index contributed by atoms with van der Waals surface area (Å²) in [5, 5.41) is 9.53. The van der Waals surface area contributed by atoms with Crippen molar-refractivity contribution in [3.63, 3.8) is 0 Å². The smallest absolute Gasteiger partial charge is 0.311 e. The van der Waals surface area contributed by atoms with E-state index in [4.69, 9.17) is 0 Å². The van der Waals surface area contributed by atoms with Crippen LogP contribution in [-0.4, -0.2) is 35.0 Å². The number of hydrogen-bond acceptors (Lipinski definition) is 3. The minimum absolute atomic E-state index is 0.0219. The molecule has 0 spiro atoms. The van der Waals surface area contributed by atoms with Gasteiger partial charge in [0, 0.05) is 18.0 Å². The van der Waals surface area contributed by atoms with E-state index in [1.807, 2.05) is 13.0 Å². The van der Waals surface area contributed by atoms with Gasteiger partial charge in [0.2, 0.25) is 0 Å². The van der Waals surface area contributed by atoms with Crippen LogP contribution in [0.2, 0.25) is 0 Å². The van der Waals surface area contributed by atoms with Crippen LogP contribution in [0.1, 0.15) is 52.7 Å². The third-order valence-electron chi connectivity index (χ3n) is 4.78. The average molecular weight is 307 g/mol. The van der Waals surface area contributed by atoms with Crippen LogP contribution in [0.5, 0.6) is 0 Å². The van der Waals surface area contributed by atoms with E-state index >= 15 is 0 Å². The highest BCUT2D eigenvalue weighted by Gasteiger charge is 2.45. The zero-order chi connectivity index (χ0) is 15.0. The maximum absolute atomic E-state index is 12.6. The van der Waals surface area contributed by atoms with Crippen LogP contribution in [0.3, 0.4) is 0 Å². The Bertz CT molecular complexity index is 559. The second kappa shape index (κ2) is 5.44. The molecule has 1 unspecified atom stereocenters. The molecule has 1 atom stereocenters. The van der Waals surface area contributed by atoms with Gasteiger partial charge in [0.25, 0.3) is 5.91 Å². The van der Waals surface area contributed by atoms with Crippen molar-refractivity contribution >= 4 is 23.2 Å². The van der Waals surface area contributed by atoms with Crippen molar-refractivity contribution < 1.29 is 14.7 Å². The van der Waals surface area contributed by atoms with Gasteiger partial charge in [0.05, 0.1) is 10.3 Å². The third kappa shape index (κ3) is 2.48. The Balaban J connectivity index is 1.75. The first-order valence-electron chi connectivity index (χ1n) is 7.70. The monoisotopic (exact) mass is 307 g/mol. The number of carboxylic acids is 1. The van der Waals surface area contributed by atoms with E-state index in [2.05, 4.69) is 0 Å². The number of aliphatic carboxylic acids is 1. The summed E-state index contributed by atoms with van der Waals surface area (Å²) in [4.78, 5) is 28.1. The van der Waals surface area contributed by atoms with Gasteiger partial charge in [-0.3, -0.25) is 9.59 Å². The first-order chi connectivity index (χ1) is 10.1. The average Bonchev–Trinajstić information content (AvgIpc) is 3.12. The quantitative estimate of drug-likeness (QED) is 0.930. The molecule has 0 saturated carbocycles. The highest BCUT2D eigenvalue weighted by Crippen LogP contribution is 2.37. The molecule has 1 amide bonds. The second-order valence-corrected chi connectivity index (χ2v) is 7.36. The number of carbonyl (C=O) groups is 2. The molecule has 21 heavy (non-hydrogen) atoms. The topological polar surface area (TPSA) is 57.6 Å². The molecule has 114 valence electrons. The fraction of sp³-hybridized carbons (Fsp3) is 0.625. The van der Waals surface area contributed by atoms with Crippen molar-refractivity contribution in [3.8, 4) is 0 Å². The van der Waals surface area contributed by atoms with Crippen molar-refractivity contribution in [2.45, 2.75) is 45.4 Å². The number of likely N-dealkylation sites (tertiary alicyclic amines) is 1. The molecule has 1 N–H and O–H groups in total. The van der Waals surface area contributed by atoms with Crippen LogP contribution in [0.25, 0.3) is 0 Å². The van der Waals surface area contributed by atoms with Gasteiger partial charge in [-0.1, -0.05) is 13.3 Å². The van der Waals surface area contributed by atoms with E-state index in [1.165, 1.54) is 16.9 Å². The summed E-state index contributed by atoms with van der Waals surface area (Å²) in [6.45, 7) is 2.92. The third-order valence-corrected chi connectivity index (χ3v) is 6.01. The normalized spacial score (nSPS) is 24.3. The molecule has 0 aromatic carbocycles. The van der Waals surface area contributed by atoms with Crippen LogP contribution in [-0.2, 0) is 17.6 Å². The maximum atomic E-state index is 12.6. The van der Waals surface area contributed by atoms with Gasteiger partial charge in [0.15, 0.2) is 0 Å². The van der Waals surface area contributed by atoms with Crippen molar-refractivity contribution in [2.24, 2.45) is 5.41 Å². The van der Waals surface area contributed by atoms with E-state index in [1.54, 1.807) is 16.2 Å². The number of fused-ring (bicyclic) bond motifs is 1. The Kier molecular flexibility index (Phi) is 3.78. The molecule has 1 aromatic rings. The Morgan fingerprint density at radius 3 is 2.90 bits per heavy atom. The first kappa shape index (κ1) is 14.6. The number of carbonyl (C=O) groups excluding carboxylic acids is 1. The molecule has 1 aliphatic heterocycles. The van der Waals surface area contributed by atoms with Crippen LogP contribution >= 0.6 is 11.3 Å². The van der Waals surface area contributed by atoms with Gasteiger partial charge in [-0.05, 0) is 43.7 Å². The summed E-state index contributed by atoms with van der Waals surface area (Å²) in [6.07, 6.45) is 5.41. The van der Waals surface area contributed by atoms with Gasteiger partial charge >= 0.3 is 5.97 Å². The fourth-order valence-electron chi connectivity index (χ4n) is 3.60. The lowest BCUT2D eigenvalue weighted by molar-refractivity contribution is -0.148. The fourth-order valence-corrected chi connectivity index (χ4v) is 4.82. The van der Waals surface area contributed by atoms with Crippen molar-refractivity contribution in [3.05, 3.63) is 21.4 Å². The number of carboxylic acid groups (broad SMARTS) is 1. The molecule has 0 bridgehead atoms. The summed E-state index contributed by atoms with van der Waals surface area (Å²) in [5.41, 5.74) is 0.588. The predicted molar refractivity (Wildman–Crippen MR) is 81.8 cm³/mol. The number of nitrogens with zero attached hydrogens (tertiary/aromatic N) is 1. The van der Waals surface area contributed by atoms with Gasteiger partial charge in [-0.2, -0.15) is 0 Å². The maximum Gasteiger partial charge on any atom is 0.311 e. The van der Waals surface area contributed by atoms with Crippen molar-refractivity contribution in [1.29, 1.82) is 0 Å². The van der Waals surface area contributed by atoms with Crippen molar-refractivity contribution in [1.82, 2.24) is 4.90 Å². The highest BCUT2D eigenvalue weighted by atomic mass is 32.1. The summed E-state index contributed by atoms with van der Waals surface area (Å²) in [6, 6.07) is 2.02. The predicted octanol–water partition coefficient (Wildman–Crippen LogP) is 2.95. The SMILES string of the molecule is CCCC1(C(=O)O)CCN(C(=O)c2cc3c(s2)CCC3)C1. The van der Waals surface area contributed by atoms with Crippen LogP contribution < -0.4 is 0 Å². The Morgan fingerprint density at radius 1 is 1.43 bits per heavy atom. The summed E-state index contributed by atoms with van der Waals surface area (Å²) in [7, 11) is 0. The van der Waals surface area contributed by atoms with Gasteiger partial charge in [-0.15, -0.1) is 11.3 Å². The molecule has 1 saturated heterocycles. The van der Waals surface area contributed by atoms with E-state index in [0.29, 0.717) is 25.9 Å². The molecular weight excluding hydrogens is 286 g/mol. The van der Waals surface area contributed by atoms with E-state index in [9.17, 15) is 14.7 Å². The summed E-state index contributed by atoms with van der Waals surface area (Å²) in [5.74, 6) is -0.734. The molecule has 0 radical (unpaired) electrons. The van der Waals surface area contributed by atoms with Gasteiger partial charge < -0.3 is 10.0 Å². The van der Waals surface area contributed by atoms with Gasteiger partial charge in [0.1, 0.15) is 0 Å².